The number of rotatable bonds is 3. The molecule has 3 nitrogen and oxygen atoms in total. The normalized spacial score (nSPS) is 13.1. The highest BCUT2D eigenvalue weighted by Gasteiger charge is 2.11. The topological polar surface area (TPSA) is 30.5 Å². The van der Waals surface area contributed by atoms with Crippen molar-refractivity contribution >= 4 is 33.2 Å². The summed E-state index contributed by atoms with van der Waals surface area (Å²) >= 11 is 9.41. The summed E-state index contributed by atoms with van der Waals surface area (Å²) in [7, 11) is 0. The van der Waals surface area contributed by atoms with Crippen molar-refractivity contribution in [3.05, 3.63) is 51.5 Å². The summed E-state index contributed by atoms with van der Waals surface area (Å²) < 4.78 is 12.0. The number of hydrogen-bond donors (Lipinski definition) is 1. The second-order valence-corrected chi connectivity index (χ2v) is 5.75. The van der Waals surface area contributed by atoms with Crippen molar-refractivity contribution in [1.29, 1.82) is 0 Å². The van der Waals surface area contributed by atoms with Crippen molar-refractivity contribution in [3.63, 3.8) is 0 Å². The van der Waals surface area contributed by atoms with Gasteiger partial charge in [0.25, 0.3) is 0 Å². The Morgan fingerprint density at radius 3 is 2.65 bits per heavy atom. The van der Waals surface area contributed by atoms with Gasteiger partial charge in [0, 0.05) is 21.7 Å². The molecule has 104 valence electrons. The van der Waals surface area contributed by atoms with Gasteiger partial charge >= 0.3 is 0 Å². The molecular formula is C15H13BrClNO2. The molecule has 3 rings (SSSR count). The van der Waals surface area contributed by atoms with E-state index >= 15 is 0 Å². The lowest BCUT2D eigenvalue weighted by Crippen LogP contribution is -2.15. The van der Waals surface area contributed by atoms with Crippen LogP contribution in [0.4, 0.5) is 5.69 Å². The number of nitrogens with one attached hydrogen (secondary N) is 1. The van der Waals surface area contributed by atoms with Crippen LogP contribution in [-0.2, 0) is 6.54 Å². The molecule has 0 fully saturated rings. The van der Waals surface area contributed by atoms with Crippen LogP contribution < -0.4 is 14.8 Å². The maximum absolute atomic E-state index is 5.93. The molecular weight excluding hydrogens is 342 g/mol. The minimum atomic E-state index is 0.604. The molecule has 1 heterocycles. The minimum absolute atomic E-state index is 0.604. The lowest BCUT2D eigenvalue weighted by molar-refractivity contribution is 0.171. The molecule has 5 heteroatoms. The lowest BCUT2D eigenvalue weighted by Gasteiger charge is -2.19. The zero-order valence-electron chi connectivity index (χ0n) is 10.7. The van der Waals surface area contributed by atoms with Crippen LogP contribution in [0, 0.1) is 0 Å². The first-order valence-electron chi connectivity index (χ1n) is 6.30. The third kappa shape index (κ3) is 3.02. The molecule has 0 saturated carbocycles. The molecule has 0 bridgehead atoms. The van der Waals surface area contributed by atoms with E-state index in [-0.39, 0.29) is 0 Å². The molecule has 0 aliphatic carbocycles. The fraction of sp³-hybridized carbons (Fsp3) is 0.200. The standard InChI is InChI=1S/C15H13BrClNO2/c16-12-8-11(17)2-3-13(12)18-9-10-1-4-14-15(7-10)20-6-5-19-14/h1-4,7-8,18H,5-6,9H2. The predicted molar refractivity (Wildman–Crippen MR) is 83.9 cm³/mol. The van der Waals surface area contributed by atoms with E-state index in [1.165, 1.54) is 0 Å². The molecule has 2 aromatic carbocycles. The van der Waals surface area contributed by atoms with Gasteiger partial charge in [0.1, 0.15) is 13.2 Å². The molecule has 1 N–H and O–H groups in total. The van der Waals surface area contributed by atoms with E-state index in [1.54, 1.807) is 0 Å². The molecule has 0 unspecified atom stereocenters. The Hall–Kier alpha value is -1.39. The number of hydrogen-bond acceptors (Lipinski definition) is 3. The highest BCUT2D eigenvalue weighted by molar-refractivity contribution is 9.10. The fourth-order valence-corrected chi connectivity index (χ4v) is 2.85. The lowest BCUT2D eigenvalue weighted by atomic mass is 10.2. The molecule has 0 aromatic heterocycles. The van der Waals surface area contributed by atoms with E-state index in [0.29, 0.717) is 24.8 Å². The maximum Gasteiger partial charge on any atom is 0.161 e. The van der Waals surface area contributed by atoms with Gasteiger partial charge in [-0.25, -0.2) is 0 Å². The molecule has 20 heavy (non-hydrogen) atoms. The number of benzene rings is 2. The van der Waals surface area contributed by atoms with Crippen molar-refractivity contribution in [1.82, 2.24) is 0 Å². The van der Waals surface area contributed by atoms with Crippen LogP contribution in [0.3, 0.4) is 0 Å². The Kier molecular flexibility index (Phi) is 4.03. The summed E-state index contributed by atoms with van der Waals surface area (Å²) in [6.07, 6.45) is 0. The molecule has 0 atom stereocenters. The van der Waals surface area contributed by atoms with Gasteiger partial charge in [-0.2, -0.15) is 0 Å². The molecule has 1 aliphatic heterocycles. The molecule has 0 amide bonds. The maximum atomic E-state index is 5.93. The molecule has 0 spiro atoms. The average Bonchev–Trinajstić information content (AvgIpc) is 2.46. The Morgan fingerprint density at radius 2 is 1.85 bits per heavy atom. The smallest absolute Gasteiger partial charge is 0.161 e. The second-order valence-electron chi connectivity index (χ2n) is 4.46. The Balaban J connectivity index is 1.72. The quantitative estimate of drug-likeness (QED) is 0.881. The monoisotopic (exact) mass is 353 g/mol. The summed E-state index contributed by atoms with van der Waals surface area (Å²) in [6.45, 7) is 1.92. The number of anilines is 1. The number of halogens is 2. The minimum Gasteiger partial charge on any atom is -0.486 e. The van der Waals surface area contributed by atoms with Gasteiger partial charge in [0.05, 0.1) is 0 Å². The van der Waals surface area contributed by atoms with Gasteiger partial charge < -0.3 is 14.8 Å². The second kappa shape index (κ2) is 5.94. The zero-order chi connectivity index (χ0) is 13.9. The molecule has 2 aromatic rings. The molecule has 0 saturated heterocycles. The first-order valence-corrected chi connectivity index (χ1v) is 7.47. The van der Waals surface area contributed by atoms with Crippen molar-refractivity contribution in [2.75, 3.05) is 18.5 Å². The van der Waals surface area contributed by atoms with E-state index < -0.39 is 0 Å². The van der Waals surface area contributed by atoms with E-state index in [1.807, 2.05) is 36.4 Å². The highest BCUT2D eigenvalue weighted by atomic mass is 79.9. The van der Waals surface area contributed by atoms with Crippen molar-refractivity contribution in [3.8, 4) is 11.5 Å². The van der Waals surface area contributed by atoms with Gasteiger partial charge in [0.2, 0.25) is 0 Å². The number of fused-ring (bicyclic) bond motifs is 1. The number of ether oxygens (including phenoxy) is 2. The van der Waals surface area contributed by atoms with Crippen LogP contribution in [-0.4, -0.2) is 13.2 Å². The highest BCUT2D eigenvalue weighted by Crippen LogP contribution is 2.31. The molecule has 0 radical (unpaired) electrons. The van der Waals surface area contributed by atoms with E-state index in [2.05, 4.69) is 21.2 Å². The van der Waals surface area contributed by atoms with Gasteiger partial charge in [-0.05, 0) is 51.8 Å². The summed E-state index contributed by atoms with van der Waals surface area (Å²) in [6, 6.07) is 11.7. The van der Waals surface area contributed by atoms with Crippen LogP contribution in [0.5, 0.6) is 11.5 Å². The summed E-state index contributed by atoms with van der Waals surface area (Å²) in [5.41, 5.74) is 2.14. The van der Waals surface area contributed by atoms with Crippen molar-refractivity contribution < 1.29 is 9.47 Å². The third-order valence-electron chi connectivity index (χ3n) is 3.02. The van der Waals surface area contributed by atoms with E-state index in [0.717, 1.165) is 27.2 Å². The Morgan fingerprint density at radius 1 is 1.05 bits per heavy atom. The largest absolute Gasteiger partial charge is 0.486 e. The van der Waals surface area contributed by atoms with E-state index in [9.17, 15) is 0 Å². The van der Waals surface area contributed by atoms with Gasteiger partial charge in [-0.3, -0.25) is 0 Å². The van der Waals surface area contributed by atoms with E-state index in [4.69, 9.17) is 21.1 Å². The van der Waals surface area contributed by atoms with Crippen LogP contribution >= 0.6 is 27.5 Å². The van der Waals surface area contributed by atoms with Crippen molar-refractivity contribution in [2.45, 2.75) is 6.54 Å². The summed E-state index contributed by atoms with van der Waals surface area (Å²) in [4.78, 5) is 0. The average molecular weight is 355 g/mol. The summed E-state index contributed by atoms with van der Waals surface area (Å²) in [5.74, 6) is 1.62. The SMILES string of the molecule is Clc1ccc(NCc2ccc3c(c2)OCCO3)c(Br)c1. The van der Waals surface area contributed by atoms with Crippen LogP contribution in [0.1, 0.15) is 5.56 Å². The fourth-order valence-electron chi connectivity index (χ4n) is 2.03. The Bertz CT molecular complexity index is 633. The van der Waals surface area contributed by atoms with Gasteiger partial charge in [-0.15, -0.1) is 0 Å². The predicted octanol–water partition coefficient (Wildman–Crippen LogP) is 4.49. The first-order chi connectivity index (χ1) is 9.72. The van der Waals surface area contributed by atoms with Gasteiger partial charge in [-0.1, -0.05) is 17.7 Å². The molecule has 1 aliphatic rings. The first kappa shape index (κ1) is 13.6. The summed E-state index contributed by atoms with van der Waals surface area (Å²) in [5, 5.41) is 4.07. The van der Waals surface area contributed by atoms with Crippen LogP contribution in [0.25, 0.3) is 0 Å². The van der Waals surface area contributed by atoms with Crippen molar-refractivity contribution in [2.24, 2.45) is 0 Å². The zero-order valence-corrected chi connectivity index (χ0v) is 13.0. The third-order valence-corrected chi connectivity index (χ3v) is 3.91. The Labute approximate surface area is 131 Å². The van der Waals surface area contributed by atoms with Crippen LogP contribution in [0.15, 0.2) is 40.9 Å². The van der Waals surface area contributed by atoms with Crippen LogP contribution in [0.2, 0.25) is 5.02 Å². The van der Waals surface area contributed by atoms with Gasteiger partial charge in [0.15, 0.2) is 11.5 Å².